The first-order chi connectivity index (χ1) is 12.7. The van der Waals surface area contributed by atoms with Gasteiger partial charge < -0.3 is 14.6 Å². The van der Waals surface area contributed by atoms with Crippen molar-refractivity contribution in [2.45, 2.75) is 57.7 Å². The van der Waals surface area contributed by atoms with E-state index in [1.807, 2.05) is 0 Å². The summed E-state index contributed by atoms with van der Waals surface area (Å²) in [4.78, 5) is 11.5. The fourth-order valence-electron chi connectivity index (χ4n) is 3.02. The normalized spacial score (nSPS) is 19.1. The number of carboxylic acids is 1. The first kappa shape index (κ1) is 21.4. The molecule has 1 atom stereocenters. The van der Waals surface area contributed by atoms with Crippen LogP contribution in [0.4, 0.5) is 13.2 Å². The van der Waals surface area contributed by atoms with Crippen LogP contribution in [0.1, 0.15) is 51.5 Å². The third-order valence-electron chi connectivity index (χ3n) is 4.51. The van der Waals surface area contributed by atoms with E-state index in [2.05, 4.69) is 6.92 Å². The molecule has 0 bridgehead atoms. The molecular weight excluding hydrogens is 385 g/mol. The number of unbranched alkanes of at least 4 members (excludes halogenated alkanes) is 3. The number of carbonyl (C=O) groups is 1. The molecule has 1 aromatic carbocycles. The predicted molar refractivity (Wildman–Crippen MR) is 96.4 cm³/mol. The van der Waals surface area contributed by atoms with Gasteiger partial charge in [0.25, 0.3) is 0 Å². The summed E-state index contributed by atoms with van der Waals surface area (Å²) < 4.78 is 51.8. The largest absolute Gasteiger partial charge is 0.494 e. The third-order valence-corrected chi connectivity index (χ3v) is 4.79. The molecule has 1 unspecified atom stereocenters. The number of hydrogen-bond acceptors (Lipinski definition) is 3. The van der Waals surface area contributed by atoms with Crippen LogP contribution >= 0.6 is 11.6 Å². The highest BCUT2D eigenvalue weighted by atomic mass is 35.5. The minimum absolute atomic E-state index is 0.0566. The molecule has 0 fully saturated rings. The number of ether oxygens (including phenoxy) is 2. The van der Waals surface area contributed by atoms with E-state index in [1.54, 1.807) is 0 Å². The molecule has 1 heterocycles. The molecule has 4 nitrogen and oxygen atoms in total. The van der Waals surface area contributed by atoms with Gasteiger partial charge in [-0.2, -0.15) is 13.2 Å². The van der Waals surface area contributed by atoms with Crippen molar-refractivity contribution < 1.29 is 32.5 Å². The number of hydrogen-bond donors (Lipinski definition) is 1. The van der Waals surface area contributed by atoms with E-state index >= 15 is 0 Å². The Hall–Kier alpha value is -1.89. The van der Waals surface area contributed by atoms with Crippen LogP contribution in [0.3, 0.4) is 0 Å². The number of alkyl halides is 3. The monoisotopic (exact) mass is 406 g/mol. The Balaban J connectivity index is 2.37. The quantitative estimate of drug-likeness (QED) is 0.548. The van der Waals surface area contributed by atoms with Gasteiger partial charge in [0.15, 0.2) is 0 Å². The van der Waals surface area contributed by atoms with Gasteiger partial charge in [-0.3, -0.25) is 0 Å². The highest BCUT2D eigenvalue weighted by Gasteiger charge is 2.62. The second kappa shape index (κ2) is 8.42. The Labute approximate surface area is 160 Å². The van der Waals surface area contributed by atoms with Gasteiger partial charge in [0.05, 0.1) is 17.2 Å². The Morgan fingerprint density at radius 2 is 1.96 bits per heavy atom. The molecule has 0 radical (unpaired) electrons. The van der Waals surface area contributed by atoms with Crippen molar-refractivity contribution in [1.29, 1.82) is 0 Å². The van der Waals surface area contributed by atoms with Crippen molar-refractivity contribution in [1.82, 2.24) is 0 Å². The Morgan fingerprint density at radius 3 is 2.52 bits per heavy atom. The lowest BCUT2D eigenvalue weighted by Gasteiger charge is -2.39. The summed E-state index contributed by atoms with van der Waals surface area (Å²) in [7, 11) is 0. The SMILES string of the molecule is CCCCCCOc1cc(Cl)c2c(c1)C=C(C(=O)O)C(CC)(C(F)(F)F)O2. The number of halogens is 4. The average Bonchev–Trinajstić information content (AvgIpc) is 2.59. The molecule has 8 heteroatoms. The fraction of sp³-hybridized carbons (Fsp3) is 0.526. The van der Waals surface area contributed by atoms with Crippen LogP contribution < -0.4 is 9.47 Å². The van der Waals surface area contributed by atoms with E-state index in [-0.39, 0.29) is 16.3 Å². The molecule has 27 heavy (non-hydrogen) atoms. The average molecular weight is 407 g/mol. The number of rotatable bonds is 8. The summed E-state index contributed by atoms with van der Waals surface area (Å²) in [5, 5.41) is 9.29. The highest BCUT2D eigenvalue weighted by Crippen LogP contribution is 2.50. The van der Waals surface area contributed by atoms with Crippen LogP contribution in [0.5, 0.6) is 11.5 Å². The molecule has 0 aromatic heterocycles. The lowest BCUT2D eigenvalue weighted by atomic mass is 9.85. The van der Waals surface area contributed by atoms with Gasteiger partial charge in [-0.1, -0.05) is 44.7 Å². The van der Waals surface area contributed by atoms with Gasteiger partial charge in [0.2, 0.25) is 5.60 Å². The van der Waals surface area contributed by atoms with Crippen molar-refractivity contribution in [3.63, 3.8) is 0 Å². The predicted octanol–water partition coefficient (Wildman–Crippen LogP) is 5.87. The molecule has 1 N–H and O–H groups in total. The molecule has 0 saturated heterocycles. The maximum absolute atomic E-state index is 13.7. The molecule has 0 saturated carbocycles. The van der Waals surface area contributed by atoms with Gasteiger partial charge in [0.1, 0.15) is 11.5 Å². The number of aliphatic carboxylic acids is 1. The molecule has 1 aliphatic rings. The lowest BCUT2D eigenvalue weighted by Crippen LogP contribution is -2.54. The van der Waals surface area contributed by atoms with E-state index in [1.165, 1.54) is 19.1 Å². The highest BCUT2D eigenvalue weighted by molar-refractivity contribution is 6.32. The van der Waals surface area contributed by atoms with Crippen LogP contribution in [0, 0.1) is 0 Å². The van der Waals surface area contributed by atoms with Gasteiger partial charge >= 0.3 is 12.1 Å². The number of benzene rings is 1. The molecule has 0 amide bonds. The fourth-order valence-corrected chi connectivity index (χ4v) is 3.27. The molecule has 1 aromatic rings. The van der Waals surface area contributed by atoms with Crippen molar-refractivity contribution >= 4 is 23.6 Å². The maximum atomic E-state index is 13.7. The van der Waals surface area contributed by atoms with E-state index in [0.717, 1.165) is 31.8 Å². The van der Waals surface area contributed by atoms with Gasteiger partial charge in [-0.05, 0) is 25.0 Å². The second-order valence-electron chi connectivity index (χ2n) is 6.38. The molecule has 0 spiro atoms. The van der Waals surface area contributed by atoms with Gasteiger partial charge in [-0.25, -0.2) is 4.79 Å². The van der Waals surface area contributed by atoms with Crippen molar-refractivity contribution in [3.8, 4) is 11.5 Å². The maximum Gasteiger partial charge on any atom is 0.432 e. The molecule has 150 valence electrons. The number of carboxylic acid groups (broad SMARTS) is 1. The molecular formula is C19H22ClF3O4. The van der Waals surface area contributed by atoms with Crippen molar-refractivity contribution in [2.75, 3.05) is 6.61 Å². The summed E-state index contributed by atoms with van der Waals surface area (Å²) >= 11 is 6.12. The van der Waals surface area contributed by atoms with Gasteiger partial charge in [0, 0.05) is 11.6 Å². The smallest absolute Gasteiger partial charge is 0.432 e. The first-order valence-corrected chi connectivity index (χ1v) is 9.21. The topological polar surface area (TPSA) is 55.8 Å². The van der Waals surface area contributed by atoms with Crippen LogP contribution in [0.15, 0.2) is 17.7 Å². The molecule has 0 aliphatic carbocycles. The summed E-state index contributed by atoms with van der Waals surface area (Å²) in [5.41, 5.74) is -3.67. The summed E-state index contributed by atoms with van der Waals surface area (Å²) in [6.07, 6.45) is -0.531. The lowest BCUT2D eigenvalue weighted by molar-refractivity contribution is -0.236. The second-order valence-corrected chi connectivity index (χ2v) is 6.78. The molecule has 1 aliphatic heterocycles. The Morgan fingerprint density at radius 1 is 1.26 bits per heavy atom. The zero-order chi connectivity index (χ0) is 20.2. The first-order valence-electron chi connectivity index (χ1n) is 8.83. The van der Waals surface area contributed by atoms with Crippen LogP contribution in [-0.2, 0) is 4.79 Å². The van der Waals surface area contributed by atoms with E-state index in [4.69, 9.17) is 21.1 Å². The van der Waals surface area contributed by atoms with E-state index < -0.39 is 29.7 Å². The van der Waals surface area contributed by atoms with Crippen LogP contribution in [0.25, 0.3) is 6.08 Å². The van der Waals surface area contributed by atoms with Crippen LogP contribution in [0.2, 0.25) is 5.02 Å². The van der Waals surface area contributed by atoms with Crippen molar-refractivity contribution in [2.24, 2.45) is 0 Å². The Kier molecular flexibility index (Phi) is 6.68. The zero-order valence-corrected chi connectivity index (χ0v) is 15.9. The number of fused-ring (bicyclic) bond motifs is 1. The summed E-state index contributed by atoms with van der Waals surface area (Å²) in [6.45, 7) is 3.75. The van der Waals surface area contributed by atoms with E-state index in [0.29, 0.717) is 12.4 Å². The minimum atomic E-state index is -4.92. The third kappa shape index (κ3) is 4.34. The Bertz CT molecular complexity index is 730. The summed E-state index contributed by atoms with van der Waals surface area (Å²) in [6, 6.07) is 2.83. The van der Waals surface area contributed by atoms with E-state index in [9.17, 15) is 23.1 Å². The van der Waals surface area contributed by atoms with Gasteiger partial charge in [-0.15, -0.1) is 0 Å². The summed E-state index contributed by atoms with van der Waals surface area (Å²) in [5.74, 6) is -1.53. The van der Waals surface area contributed by atoms with Crippen LogP contribution in [-0.4, -0.2) is 29.5 Å². The molecule has 2 rings (SSSR count). The standard InChI is InChI=1S/C19H22ClF3O4/c1-3-5-6-7-8-26-13-9-12-10-14(17(24)25)18(4-2,19(21,22)23)27-16(12)15(20)11-13/h9-11H,3-8H2,1-2H3,(H,24,25). The minimum Gasteiger partial charge on any atom is -0.494 e. The zero-order valence-electron chi connectivity index (χ0n) is 15.2. The van der Waals surface area contributed by atoms with Crippen molar-refractivity contribution in [3.05, 3.63) is 28.3 Å².